The highest BCUT2D eigenvalue weighted by atomic mass is 16.3. The number of aliphatic hydroxyl groups is 1. The summed E-state index contributed by atoms with van der Waals surface area (Å²) in [6.45, 7) is 1.92. The fraction of sp³-hybridized carbons (Fsp3) is 0.278. The van der Waals surface area contributed by atoms with Crippen LogP contribution in [0.4, 0.5) is 0 Å². The average molecular weight is 268 g/mol. The summed E-state index contributed by atoms with van der Waals surface area (Å²) in [6.07, 6.45) is 1.24. The lowest BCUT2D eigenvalue weighted by Crippen LogP contribution is -2.08. The molecule has 2 aromatic rings. The smallest absolute Gasteiger partial charge is 0.162 e. The maximum Gasteiger partial charge on any atom is 0.162 e. The second-order valence-electron chi connectivity index (χ2n) is 4.97. The first-order chi connectivity index (χ1) is 9.70. The molecule has 1 unspecified atom stereocenters. The van der Waals surface area contributed by atoms with Crippen LogP contribution in [-0.2, 0) is 0 Å². The molecule has 0 spiro atoms. The van der Waals surface area contributed by atoms with Gasteiger partial charge in [-0.3, -0.25) is 4.79 Å². The summed E-state index contributed by atoms with van der Waals surface area (Å²) in [6, 6.07) is 17.7. The molecule has 0 saturated heterocycles. The first-order valence-electron chi connectivity index (χ1n) is 7.07. The van der Waals surface area contributed by atoms with Gasteiger partial charge in [-0.25, -0.2) is 0 Å². The topological polar surface area (TPSA) is 37.3 Å². The van der Waals surface area contributed by atoms with Crippen molar-refractivity contribution in [2.24, 2.45) is 0 Å². The molecule has 0 aliphatic rings. The van der Waals surface area contributed by atoms with E-state index in [9.17, 15) is 9.90 Å². The number of hydrogen-bond donors (Lipinski definition) is 1. The maximum atomic E-state index is 12.1. The first kappa shape index (κ1) is 14.5. The third-order valence-corrected chi connectivity index (χ3v) is 3.47. The number of hydrogen-bond acceptors (Lipinski definition) is 2. The predicted molar refractivity (Wildman–Crippen MR) is 81.7 cm³/mol. The highest BCUT2D eigenvalue weighted by Crippen LogP contribution is 2.21. The van der Waals surface area contributed by atoms with Crippen LogP contribution in [-0.4, -0.2) is 17.0 Å². The Bertz CT molecular complexity index is 561. The molecular formula is C18H20O2. The highest BCUT2D eigenvalue weighted by Gasteiger charge is 2.09. The summed E-state index contributed by atoms with van der Waals surface area (Å²) in [5, 5.41) is 9.53. The van der Waals surface area contributed by atoms with Gasteiger partial charge < -0.3 is 5.11 Å². The molecule has 0 heterocycles. The van der Waals surface area contributed by atoms with E-state index in [-0.39, 0.29) is 11.9 Å². The van der Waals surface area contributed by atoms with Crippen LogP contribution in [0.3, 0.4) is 0 Å². The van der Waals surface area contributed by atoms with E-state index >= 15 is 0 Å². The molecule has 2 nitrogen and oxygen atoms in total. The first-order valence-corrected chi connectivity index (χ1v) is 7.07. The minimum atomic E-state index is -0.378. The van der Waals surface area contributed by atoms with Crippen LogP contribution in [0.5, 0.6) is 0 Å². The number of carbonyl (C=O) groups is 1. The molecular weight excluding hydrogens is 248 g/mol. The zero-order chi connectivity index (χ0) is 14.4. The van der Waals surface area contributed by atoms with E-state index in [0.717, 1.165) is 16.7 Å². The van der Waals surface area contributed by atoms with Gasteiger partial charge in [0.15, 0.2) is 5.78 Å². The van der Waals surface area contributed by atoms with Gasteiger partial charge in [0.2, 0.25) is 0 Å². The molecule has 0 aliphatic heterocycles. The van der Waals surface area contributed by atoms with Gasteiger partial charge in [-0.2, -0.15) is 0 Å². The lowest BCUT2D eigenvalue weighted by Gasteiger charge is -2.08. The molecule has 0 bridgehead atoms. The SMILES string of the molecule is CCC(O)CCC(=O)c1cccc(-c2ccccc2)c1. The molecule has 0 radical (unpaired) electrons. The molecule has 0 saturated carbocycles. The number of Topliss-reactive ketones (excluding diaryl/α,β-unsaturated/α-hetero) is 1. The number of benzene rings is 2. The lowest BCUT2D eigenvalue weighted by molar-refractivity contribution is 0.0937. The van der Waals surface area contributed by atoms with Crippen molar-refractivity contribution in [3.63, 3.8) is 0 Å². The molecule has 2 rings (SSSR count). The molecule has 1 N–H and O–H groups in total. The Morgan fingerprint density at radius 1 is 1.05 bits per heavy atom. The van der Waals surface area contributed by atoms with E-state index in [2.05, 4.69) is 0 Å². The van der Waals surface area contributed by atoms with Crippen molar-refractivity contribution in [3.05, 3.63) is 60.2 Å². The van der Waals surface area contributed by atoms with Gasteiger partial charge in [-0.1, -0.05) is 55.5 Å². The number of rotatable bonds is 6. The second kappa shape index (κ2) is 7.01. The van der Waals surface area contributed by atoms with Crippen molar-refractivity contribution in [2.75, 3.05) is 0 Å². The minimum absolute atomic E-state index is 0.0929. The summed E-state index contributed by atoms with van der Waals surface area (Å²) in [5.74, 6) is 0.0929. The van der Waals surface area contributed by atoms with Gasteiger partial charge in [-0.15, -0.1) is 0 Å². The van der Waals surface area contributed by atoms with Crippen LogP contribution in [0.1, 0.15) is 36.5 Å². The largest absolute Gasteiger partial charge is 0.393 e. The molecule has 2 aromatic carbocycles. The summed E-state index contributed by atoms with van der Waals surface area (Å²) in [5.41, 5.74) is 2.87. The standard InChI is InChI=1S/C18H20O2/c1-2-17(19)11-12-18(20)16-10-6-9-15(13-16)14-7-4-3-5-8-14/h3-10,13,17,19H,2,11-12H2,1H3. The van der Waals surface area contributed by atoms with Crippen molar-refractivity contribution in [1.29, 1.82) is 0 Å². The summed E-state index contributed by atoms with van der Waals surface area (Å²) in [4.78, 5) is 12.1. The van der Waals surface area contributed by atoms with E-state index in [1.165, 1.54) is 0 Å². The third-order valence-electron chi connectivity index (χ3n) is 3.47. The van der Waals surface area contributed by atoms with Gasteiger partial charge in [0.1, 0.15) is 0 Å². The maximum absolute atomic E-state index is 12.1. The number of aliphatic hydroxyl groups excluding tert-OH is 1. The number of ketones is 1. The van der Waals surface area contributed by atoms with E-state index in [1.54, 1.807) is 0 Å². The zero-order valence-corrected chi connectivity index (χ0v) is 11.8. The normalized spacial score (nSPS) is 12.1. The Hall–Kier alpha value is -1.93. The summed E-state index contributed by atoms with van der Waals surface area (Å²) < 4.78 is 0. The quantitative estimate of drug-likeness (QED) is 0.801. The molecule has 0 amide bonds. The van der Waals surface area contributed by atoms with Gasteiger partial charge in [0.25, 0.3) is 0 Å². The van der Waals surface area contributed by atoms with Crippen LogP contribution >= 0.6 is 0 Å². The van der Waals surface area contributed by atoms with E-state index < -0.39 is 0 Å². The van der Waals surface area contributed by atoms with Crippen molar-refractivity contribution in [3.8, 4) is 11.1 Å². The zero-order valence-electron chi connectivity index (χ0n) is 11.8. The third kappa shape index (κ3) is 3.78. The number of carbonyl (C=O) groups excluding carboxylic acids is 1. The Morgan fingerprint density at radius 2 is 1.75 bits per heavy atom. The molecule has 0 aliphatic carbocycles. The average Bonchev–Trinajstić information content (AvgIpc) is 2.53. The van der Waals surface area contributed by atoms with Crippen molar-refractivity contribution in [2.45, 2.75) is 32.3 Å². The van der Waals surface area contributed by atoms with Crippen molar-refractivity contribution in [1.82, 2.24) is 0 Å². The van der Waals surface area contributed by atoms with Gasteiger partial charge in [0, 0.05) is 12.0 Å². The lowest BCUT2D eigenvalue weighted by atomic mass is 9.99. The van der Waals surface area contributed by atoms with Crippen molar-refractivity contribution >= 4 is 5.78 Å². The molecule has 104 valence electrons. The second-order valence-corrected chi connectivity index (χ2v) is 4.97. The van der Waals surface area contributed by atoms with E-state index in [4.69, 9.17) is 0 Å². The van der Waals surface area contributed by atoms with Crippen LogP contribution < -0.4 is 0 Å². The predicted octanol–water partition coefficient (Wildman–Crippen LogP) is 4.09. The fourth-order valence-corrected chi connectivity index (χ4v) is 2.15. The van der Waals surface area contributed by atoms with Crippen LogP contribution in [0.25, 0.3) is 11.1 Å². The van der Waals surface area contributed by atoms with Gasteiger partial charge in [-0.05, 0) is 30.0 Å². The van der Waals surface area contributed by atoms with Crippen LogP contribution in [0.2, 0.25) is 0 Å². The summed E-state index contributed by atoms with van der Waals surface area (Å²) in [7, 11) is 0. The van der Waals surface area contributed by atoms with E-state index in [1.807, 2.05) is 61.5 Å². The molecule has 20 heavy (non-hydrogen) atoms. The molecule has 0 fully saturated rings. The highest BCUT2D eigenvalue weighted by molar-refractivity contribution is 5.97. The van der Waals surface area contributed by atoms with E-state index in [0.29, 0.717) is 19.3 Å². The van der Waals surface area contributed by atoms with Crippen LogP contribution in [0, 0.1) is 0 Å². The Morgan fingerprint density at radius 3 is 2.45 bits per heavy atom. The Labute approximate surface area is 120 Å². The minimum Gasteiger partial charge on any atom is -0.393 e. The van der Waals surface area contributed by atoms with Crippen molar-refractivity contribution < 1.29 is 9.90 Å². The van der Waals surface area contributed by atoms with Gasteiger partial charge >= 0.3 is 0 Å². The van der Waals surface area contributed by atoms with Crippen LogP contribution in [0.15, 0.2) is 54.6 Å². The molecule has 2 heteroatoms. The Kier molecular flexibility index (Phi) is 5.08. The summed E-state index contributed by atoms with van der Waals surface area (Å²) >= 11 is 0. The monoisotopic (exact) mass is 268 g/mol. The molecule has 1 atom stereocenters. The Balaban J connectivity index is 2.12. The van der Waals surface area contributed by atoms with Gasteiger partial charge in [0.05, 0.1) is 6.10 Å². The fourth-order valence-electron chi connectivity index (χ4n) is 2.15. The molecule has 0 aromatic heterocycles.